The van der Waals surface area contributed by atoms with Gasteiger partial charge in [0.05, 0.1) is 10.7 Å². The van der Waals surface area contributed by atoms with Gasteiger partial charge in [-0.2, -0.15) is 0 Å². The second-order valence-corrected chi connectivity index (χ2v) is 6.31. The highest BCUT2D eigenvalue weighted by molar-refractivity contribution is 6.35. The molecular formula is C18H19Cl2N3O2. The fourth-order valence-electron chi connectivity index (χ4n) is 2.15. The summed E-state index contributed by atoms with van der Waals surface area (Å²) in [6, 6.07) is 7.78. The van der Waals surface area contributed by atoms with Gasteiger partial charge in [0.15, 0.2) is 0 Å². The Morgan fingerprint density at radius 3 is 2.64 bits per heavy atom. The molecule has 0 aliphatic carbocycles. The van der Waals surface area contributed by atoms with E-state index in [9.17, 15) is 9.59 Å². The van der Waals surface area contributed by atoms with Crippen molar-refractivity contribution in [2.45, 2.75) is 26.2 Å². The zero-order chi connectivity index (χ0) is 18.2. The first-order valence-corrected chi connectivity index (χ1v) is 8.77. The number of benzene rings is 1. The molecule has 0 spiro atoms. The number of nitrogens with one attached hydrogen (secondary N) is 2. The van der Waals surface area contributed by atoms with Gasteiger partial charge in [0.1, 0.15) is 5.69 Å². The molecule has 5 nitrogen and oxygen atoms in total. The molecule has 132 valence electrons. The molecular weight excluding hydrogens is 361 g/mol. The lowest BCUT2D eigenvalue weighted by molar-refractivity contribution is 0.0953. The summed E-state index contributed by atoms with van der Waals surface area (Å²) in [7, 11) is 0. The lowest BCUT2D eigenvalue weighted by Crippen LogP contribution is -2.25. The van der Waals surface area contributed by atoms with Crippen molar-refractivity contribution in [2.75, 3.05) is 11.9 Å². The van der Waals surface area contributed by atoms with Gasteiger partial charge in [-0.25, -0.2) is 0 Å². The Balaban J connectivity index is 2.05. The predicted molar refractivity (Wildman–Crippen MR) is 101 cm³/mol. The number of rotatable bonds is 7. The molecule has 25 heavy (non-hydrogen) atoms. The van der Waals surface area contributed by atoms with Crippen molar-refractivity contribution in [3.05, 3.63) is 57.8 Å². The van der Waals surface area contributed by atoms with E-state index >= 15 is 0 Å². The summed E-state index contributed by atoms with van der Waals surface area (Å²) in [5, 5.41) is 6.29. The minimum atomic E-state index is -0.468. The summed E-state index contributed by atoms with van der Waals surface area (Å²) in [6.07, 6.45) is 4.50. The van der Waals surface area contributed by atoms with Gasteiger partial charge in [-0.15, -0.1) is 0 Å². The molecule has 2 aromatic rings. The number of unbranched alkanes of at least 4 members (excludes halogenated alkanes) is 2. The maximum Gasteiger partial charge on any atom is 0.274 e. The summed E-state index contributed by atoms with van der Waals surface area (Å²) in [5.74, 6) is -0.696. The third kappa shape index (κ3) is 5.73. The average Bonchev–Trinajstić information content (AvgIpc) is 2.61. The van der Waals surface area contributed by atoms with Gasteiger partial charge in [-0.05, 0) is 36.8 Å². The molecule has 7 heteroatoms. The van der Waals surface area contributed by atoms with Crippen LogP contribution in [-0.2, 0) is 0 Å². The molecule has 2 N–H and O–H groups in total. The first-order chi connectivity index (χ1) is 12.0. The Bertz CT molecular complexity index is 766. The maximum atomic E-state index is 12.3. The van der Waals surface area contributed by atoms with Crippen LogP contribution in [0.15, 0.2) is 36.5 Å². The van der Waals surface area contributed by atoms with Crippen molar-refractivity contribution >= 4 is 40.7 Å². The molecule has 0 saturated heterocycles. The van der Waals surface area contributed by atoms with Gasteiger partial charge < -0.3 is 10.6 Å². The predicted octanol–water partition coefficient (Wildman–Crippen LogP) is 4.56. The van der Waals surface area contributed by atoms with Gasteiger partial charge in [0.2, 0.25) is 0 Å². The summed E-state index contributed by atoms with van der Waals surface area (Å²) in [5.41, 5.74) is 0.890. The van der Waals surface area contributed by atoms with Crippen molar-refractivity contribution in [2.24, 2.45) is 0 Å². The quantitative estimate of drug-likeness (QED) is 0.692. The molecule has 1 aromatic heterocycles. The van der Waals surface area contributed by atoms with Crippen molar-refractivity contribution in [3.63, 3.8) is 0 Å². The number of anilines is 1. The number of carbonyl (C=O) groups is 2. The van der Waals surface area contributed by atoms with E-state index in [0.29, 0.717) is 27.8 Å². The number of nitrogens with zero attached hydrogens (tertiary/aromatic N) is 1. The molecule has 0 bridgehead atoms. The Morgan fingerprint density at radius 2 is 1.88 bits per heavy atom. The third-order valence-electron chi connectivity index (χ3n) is 3.50. The molecule has 0 radical (unpaired) electrons. The van der Waals surface area contributed by atoms with Gasteiger partial charge in [-0.3, -0.25) is 14.6 Å². The fraction of sp³-hybridized carbons (Fsp3) is 0.278. The second-order valence-electron chi connectivity index (χ2n) is 5.47. The molecule has 0 atom stereocenters. The van der Waals surface area contributed by atoms with Gasteiger partial charge in [0, 0.05) is 23.3 Å². The standard InChI is InChI=1S/C18H19Cl2N3O2/c1-2-3-4-8-22-17(24)12-7-9-21-16(10-12)18(25)23-15-11-13(19)5-6-14(15)20/h5-7,9-11H,2-4,8H2,1H3,(H,22,24)(H,23,25). The molecule has 0 saturated carbocycles. The summed E-state index contributed by atoms with van der Waals surface area (Å²) < 4.78 is 0. The highest BCUT2D eigenvalue weighted by atomic mass is 35.5. The molecule has 1 aromatic carbocycles. The van der Waals surface area contributed by atoms with Crippen molar-refractivity contribution in [1.82, 2.24) is 10.3 Å². The van der Waals surface area contributed by atoms with Gasteiger partial charge in [-0.1, -0.05) is 43.0 Å². The first-order valence-electron chi connectivity index (χ1n) is 8.02. The monoisotopic (exact) mass is 379 g/mol. The number of carbonyl (C=O) groups excluding carboxylic acids is 2. The van der Waals surface area contributed by atoms with Gasteiger partial charge in [0.25, 0.3) is 11.8 Å². The molecule has 2 rings (SSSR count). The van der Waals surface area contributed by atoms with Crippen molar-refractivity contribution < 1.29 is 9.59 Å². The summed E-state index contributed by atoms with van der Waals surface area (Å²) >= 11 is 11.9. The fourth-order valence-corrected chi connectivity index (χ4v) is 2.49. The summed E-state index contributed by atoms with van der Waals surface area (Å²) in [4.78, 5) is 28.5. The topological polar surface area (TPSA) is 71.1 Å². The van der Waals surface area contributed by atoms with E-state index in [4.69, 9.17) is 23.2 Å². The third-order valence-corrected chi connectivity index (χ3v) is 4.06. The largest absolute Gasteiger partial charge is 0.352 e. The van der Waals surface area contributed by atoms with E-state index in [-0.39, 0.29) is 11.6 Å². The van der Waals surface area contributed by atoms with E-state index < -0.39 is 5.91 Å². The number of hydrogen-bond acceptors (Lipinski definition) is 3. The molecule has 2 amide bonds. The number of aromatic nitrogens is 1. The number of halogens is 2. The van der Waals surface area contributed by atoms with Crippen molar-refractivity contribution in [1.29, 1.82) is 0 Å². The van der Waals surface area contributed by atoms with E-state index in [1.807, 2.05) is 0 Å². The number of pyridine rings is 1. The Morgan fingerprint density at radius 1 is 1.08 bits per heavy atom. The molecule has 0 fully saturated rings. The minimum absolute atomic E-state index is 0.122. The van der Waals surface area contributed by atoms with Crippen LogP contribution < -0.4 is 10.6 Å². The zero-order valence-electron chi connectivity index (χ0n) is 13.8. The average molecular weight is 380 g/mol. The van der Waals surface area contributed by atoms with Crippen LogP contribution in [-0.4, -0.2) is 23.3 Å². The minimum Gasteiger partial charge on any atom is -0.352 e. The Labute approximate surface area is 156 Å². The first kappa shape index (κ1) is 19.2. The molecule has 0 aliphatic rings. The lowest BCUT2D eigenvalue weighted by Gasteiger charge is -2.09. The van der Waals surface area contributed by atoms with Crippen LogP contribution in [0.2, 0.25) is 10.0 Å². The second kappa shape index (κ2) is 9.39. The van der Waals surface area contributed by atoms with E-state index in [2.05, 4.69) is 22.5 Å². The lowest BCUT2D eigenvalue weighted by atomic mass is 10.2. The Hall–Kier alpha value is -2.11. The highest BCUT2D eigenvalue weighted by Gasteiger charge is 2.13. The Kier molecular flexibility index (Phi) is 7.22. The number of hydrogen-bond donors (Lipinski definition) is 2. The van der Waals surface area contributed by atoms with Crippen LogP contribution >= 0.6 is 23.2 Å². The van der Waals surface area contributed by atoms with Crippen LogP contribution in [0.4, 0.5) is 5.69 Å². The molecule has 0 aliphatic heterocycles. The summed E-state index contributed by atoms with van der Waals surface area (Å²) in [6.45, 7) is 2.70. The molecule has 0 unspecified atom stereocenters. The SMILES string of the molecule is CCCCCNC(=O)c1ccnc(C(=O)Nc2cc(Cl)ccc2Cl)c1. The normalized spacial score (nSPS) is 10.4. The van der Waals surface area contributed by atoms with Gasteiger partial charge >= 0.3 is 0 Å². The smallest absolute Gasteiger partial charge is 0.274 e. The highest BCUT2D eigenvalue weighted by Crippen LogP contribution is 2.25. The number of amides is 2. The molecule has 1 heterocycles. The van der Waals surface area contributed by atoms with E-state index in [1.165, 1.54) is 12.3 Å². The van der Waals surface area contributed by atoms with Crippen LogP contribution in [0, 0.1) is 0 Å². The van der Waals surface area contributed by atoms with Crippen molar-refractivity contribution in [3.8, 4) is 0 Å². The van der Waals surface area contributed by atoms with E-state index in [1.54, 1.807) is 24.3 Å². The van der Waals surface area contributed by atoms with Crippen LogP contribution in [0.3, 0.4) is 0 Å². The van der Waals surface area contributed by atoms with Crippen LogP contribution in [0.25, 0.3) is 0 Å². The van der Waals surface area contributed by atoms with Crippen LogP contribution in [0.1, 0.15) is 47.0 Å². The zero-order valence-corrected chi connectivity index (χ0v) is 15.3. The maximum absolute atomic E-state index is 12.3. The van der Waals surface area contributed by atoms with Crippen LogP contribution in [0.5, 0.6) is 0 Å². The van der Waals surface area contributed by atoms with E-state index in [0.717, 1.165) is 19.3 Å².